The number of carbonyl (C=O) groups excluding carboxylic acids is 1. The van der Waals surface area contributed by atoms with Gasteiger partial charge in [-0.15, -0.1) is 0 Å². The Morgan fingerprint density at radius 3 is 2.41 bits per heavy atom. The Hall–Kier alpha value is -2.14. The summed E-state index contributed by atoms with van der Waals surface area (Å²) >= 11 is 0. The first-order chi connectivity index (χ1) is 13.8. The number of amides is 1. The number of aliphatic carboxylic acids is 1. The first-order valence-electron chi connectivity index (χ1n) is 10.7. The van der Waals surface area contributed by atoms with E-state index in [1.807, 2.05) is 41.3 Å². The van der Waals surface area contributed by atoms with Crippen LogP contribution in [0.3, 0.4) is 0 Å². The molecular formula is C24H31NO4. The molecule has 5 heteroatoms. The predicted octanol–water partition coefficient (Wildman–Crippen LogP) is 4.06. The van der Waals surface area contributed by atoms with Crippen LogP contribution in [-0.2, 0) is 14.3 Å². The van der Waals surface area contributed by atoms with E-state index in [0.29, 0.717) is 6.61 Å². The minimum atomic E-state index is -0.847. The lowest BCUT2D eigenvalue weighted by Gasteiger charge is -2.45. The molecule has 2 bridgehead atoms. The van der Waals surface area contributed by atoms with Crippen LogP contribution < -0.4 is 0 Å². The zero-order valence-electron chi connectivity index (χ0n) is 17.5. The Morgan fingerprint density at radius 2 is 1.79 bits per heavy atom. The highest BCUT2D eigenvalue weighted by Crippen LogP contribution is 2.50. The SMILES string of the molecule is C[C@H](c1ccccc1)N(C(=O)[C@@H]1[C@H](C(=O)O)[C@H]2C=C[C@@H]1C2)[C@H]1CCOC(C)(C)C1. The summed E-state index contributed by atoms with van der Waals surface area (Å²) in [6, 6.07) is 9.97. The lowest BCUT2D eigenvalue weighted by molar-refractivity contribution is -0.157. The average molecular weight is 398 g/mol. The minimum absolute atomic E-state index is 0.00620. The van der Waals surface area contributed by atoms with E-state index in [0.717, 1.165) is 24.8 Å². The van der Waals surface area contributed by atoms with Gasteiger partial charge in [-0.3, -0.25) is 9.59 Å². The van der Waals surface area contributed by atoms with Crippen molar-refractivity contribution in [1.29, 1.82) is 0 Å². The number of carbonyl (C=O) groups is 2. The van der Waals surface area contributed by atoms with Crippen molar-refractivity contribution in [1.82, 2.24) is 4.90 Å². The summed E-state index contributed by atoms with van der Waals surface area (Å²) in [5.41, 5.74) is 0.786. The molecule has 3 aliphatic rings. The number of hydrogen-bond donors (Lipinski definition) is 1. The summed E-state index contributed by atoms with van der Waals surface area (Å²) in [6.45, 7) is 6.81. The fraction of sp³-hybridized carbons (Fsp3) is 0.583. The molecule has 0 radical (unpaired) electrons. The number of carboxylic acids is 1. The normalized spacial score (nSPS) is 33.4. The molecule has 1 heterocycles. The Labute approximate surface area is 172 Å². The molecule has 5 nitrogen and oxygen atoms in total. The van der Waals surface area contributed by atoms with Crippen molar-refractivity contribution in [2.45, 2.75) is 57.7 Å². The molecule has 156 valence electrons. The summed E-state index contributed by atoms with van der Waals surface area (Å²) in [6.07, 6.45) is 6.37. The zero-order chi connectivity index (χ0) is 20.8. The second-order valence-corrected chi connectivity index (χ2v) is 9.43. The van der Waals surface area contributed by atoms with Crippen LogP contribution in [0.4, 0.5) is 0 Å². The highest BCUT2D eigenvalue weighted by atomic mass is 16.5. The first kappa shape index (κ1) is 20.1. The Balaban J connectivity index is 1.69. The monoisotopic (exact) mass is 397 g/mol. The Kier molecular flexibility index (Phi) is 5.28. The van der Waals surface area contributed by atoms with E-state index in [4.69, 9.17) is 4.74 Å². The van der Waals surface area contributed by atoms with E-state index in [-0.39, 0.29) is 35.4 Å². The van der Waals surface area contributed by atoms with Gasteiger partial charge in [0.1, 0.15) is 0 Å². The van der Waals surface area contributed by atoms with Crippen LogP contribution in [0.1, 0.15) is 51.6 Å². The second-order valence-electron chi connectivity index (χ2n) is 9.43. The van der Waals surface area contributed by atoms with Gasteiger partial charge < -0.3 is 14.7 Å². The third-order valence-electron chi connectivity index (χ3n) is 7.05. The average Bonchev–Trinajstić information content (AvgIpc) is 3.29. The van der Waals surface area contributed by atoms with E-state index in [1.54, 1.807) is 0 Å². The molecule has 6 atom stereocenters. The van der Waals surface area contributed by atoms with Crippen LogP contribution in [0.5, 0.6) is 0 Å². The predicted molar refractivity (Wildman–Crippen MR) is 110 cm³/mol. The topological polar surface area (TPSA) is 66.8 Å². The summed E-state index contributed by atoms with van der Waals surface area (Å²) in [4.78, 5) is 28.0. The highest BCUT2D eigenvalue weighted by molar-refractivity contribution is 5.87. The number of ether oxygens (including phenoxy) is 1. The molecule has 1 saturated heterocycles. The molecule has 1 aliphatic heterocycles. The van der Waals surface area contributed by atoms with Gasteiger partial charge in [0.25, 0.3) is 0 Å². The van der Waals surface area contributed by atoms with E-state index < -0.39 is 17.8 Å². The molecule has 0 unspecified atom stereocenters. The fourth-order valence-electron chi connectivity index (χ4n) is 5.68. The van der Waals surface area contributed by atoms with Crippen molar-refractivity contribution in [3.8, 4) is 0 Å². The molecule has 4 rings (SSSR count). The molecule has 0 spiro atoms. The number of carboxylic acid groups (broad SMARTS) is 1. The van der Waals surface area contributed by atoms with Crippen LogP contribution in [0.25, 0.3) is 0 Å². The molecular weight excluding hydrogens is 366 g/mol. The van der Waals surface area contributed by atoms with Crippen LogP contribution in [-0.4, -0.2) is 40.1 Å². The second kappa shape index (κ2) is 7.60. The van der Waals surface area contributed by atoms with Crippen molar-refractivity contribution in [2.75, 3.05) is 6.61 Å². The van der Waals surface area contributed by atoms with Gasteiger partial charge in [-0.25, -0.2) is 0 Å². The fourth-order valence-corrected chi connectivity index (χ4v) is 5.68. The Bertz CT molecular complexity index is 802. The highest BCUT2D eigenvalue weighted by Gasteiger charge is 2.54. The lowest BCUT2D eigenvalue weighted by Crippen LogP contribution is -2.53. The van der Waals surface area contributed by atoms with Crippen LogP contribution in [0.2, 0.25) is 0 Å². The molecule has 1 aromatic rings. The standard InChI is InChI=1S/C24H31NO4/c1-15(16-7-5-4-6-8-16)25(19-11-12-29-24(2,3)14-19)22(26)20-17-9-10-18(13-17)21(20)23(27)28/h4-10,15,17-21H,11-14H2,1-3H3,(H,27,28)/t15-,17-,18+,19+,20+,21-/m1/s1. The maximum atomic E-state index is 14.0. The summed E-state index contributed by atoms with van der Waals surface area (Å²) in [5.74, 6) is -1.93. The van der Waals surface area contributed by atoms with Crippen LogP contribution in [0.15, 0.2) is 42.5 Å². The summed E-state index contributed by atoms with van der Waals surface area (Å²) in [7, 11) is 0. The molecule has 2 fully saturated rings. The number of allylic oxidation sites excluding steroid dienone is 2. The van der Waals surface area contributed by atoms with Crippen molar-refractivity contribution in [2.24, 2.45) is 23.7 Å². The third-order valence-corrected chi connectivity index (χ3v) is 7.05. The number of benzene rings is 1. The molecule has 1 aromatic carbocycles. The minimum Gasteiger partial charge on any atom is -0.481 e. The number of rotatable bonds is 5. The summed E-state index contributed by atoms with van der Waals surface area (Å²) < 4.78 is 5.90. The van der Waals surface area contributed by atoms with E-state index in [9.17, 15) is 14.7 Å². The van der Waals surface area contributed by atoms with Crippen LogP contribution >= 0.6 is 0 Å². The molecule has 29 heavy (non-hydrogen) atoms. The molecule has 1 amide bonds. The maximum Gasteiger partial charge on any atom is 0.307 e. The smallest absolute Gasteiger partial charge is 0.307 e. The van der Waals surface area contributed by atoms with Gasteiger partial charge in [-0.05, 0) is 57.4 Å². The number of nitrogens with zero attached hydrogens (tertiary/aromatic N) is 1. The van der Waals surface area contributed by atoms with Gasteiger partial charge in [0.15, 0.2) is 0 Å². The molecule has 0 aromatic heterocycles. The van der Waals surface area contributed by atoms with Crippen molar-refractivity contribution < 1.29 is 19.4 Å². The van der Waals surface area contributed by atoms with Gasteiger partial charge >= 0.3 is 5.97 Å². The third kappa shape index (κ3) is 3.73. The quantitative estimate of drug-likeness (QED) is 0.761. The van der Waals surface area contributed by atoms with E-state index in [1.165, 1.54) is 0 Å². The van der Waals surface area contributed by atoms with E-state index in [2.05, 4.69) is 26.8 Å². The molecule has 1 saturated carbocycles. The Morgan fingerprint density at radius 1 is 1.14 bits per heavy atom. The van der Waals surface area contributed by atoms with Crippen LogP contribution in [0, 0.1) is 23.7 Å². The van der Waals surface area contributed by atoms with Gasteiger partial charge in [0.05, 0.1) is 23.5 Å². The molecule has 1 N–H and O–H groups in total. The van der Waals surface area contributed by atoms with Gasteiger partial charge in [-0.2, -0.15) is 0 Å². The first-order valence-corrected chi connectivity index (χ1v) is 10.7. The van der Waals surface area contributed by atoms with Crippen molar-refractivity contribution in [3.63, 3.8) is 0 Å². The maximum absolute atomic E-state index is 14.0. The number of hydrogen-bond acceptors (Lipinski definition) is 3. The van der Waals surface area contributed by atoms with Gasteiger partial charge in [0, 0.05) is 12.6 Å². The lowest BCUT2D eigenvalue weighted by atomic mass is 9.80. The summed E-state index contributed by atoms with van der Waals surface area (Å²) in [5, 5.41) is 9.86. The van der Waals surface area contributed by atoms with Gasteiger partial charge in [-0.1, -0.05) is 42.5 Å². The van der Waals surface area contributed by atoms with Crippen molar-refractivity contribution in [3.05, 3.63) is 48.0 Å². The van der Waals surface area contributed by atoms with Gasteiger partial charge in [0.2, 0.25) is 5.91 Å². The zero-order valence-corrected chi connectivity index (χ0v) is 17.5. The molecule has 2 aliphatic carbocycles. The largest absolute Gasteiger partial charge is 0.481 e. The number of fused-ring (bicyclic) bond motifs is 2. The van der Waals surface area contributed by atoms with E-state index >= 15 is 0 Å². The van der Waals surface area contributed by atoms with Crippen molar-refractivity contribution >= 4 is 11.9 Å².